The number of carbonyl (C=O) groups excluding carboxylic acids is 1. The minimum atomic E-state index is -1.09. The van der Waals surface area contributed by atoms with Gasteiger partial charge in [0, 0.05) is 25.2 Å². The molecule has 8 heteroatoms. The van der Waals surface area contributed by atoms with Crippen molar-refractivity contribution in [2.24, 2.45) is 0 Å². The number of nitrogens with zero attached hydrogens (tertiary/aromatic N) is 2. The Balaban J connectivity index is 3.34. The summed E-state index contributed by atoms with van der Waals surface area (Å²) >= 11 is 0. The van der Waals surface area contributed by atoms with E-state index in [1.54, 1.807) is 0 Å². The lowest BCUT2D eigenvalue weighted by atomic mass is 10.1. The molecule has 0 aromatic heterocycles. The first-order chi connectivity index (χ1) is 9.90. The van der Waals surface area contributed by atoms with Crippen molar-refractivity contribution in [2.45, 2.75) is 13.3 Å². The zero-order valence-corrected chi connectivity index (χ0v) is 11.8. The average molecular weight is 295 g/mol. The Morgan fingerprint density at radius 1 is 1.43 bits per heavy atom. The predicted molar refractivity (Wildman–Crippen MR) is 76.6 cm³/mol. The SMILES string of the molecule is CCCN(CC(=O)O)c1cc(C(=O)NC)ccc1[N+](=O)[O-]. The molecule has 2 N–H and O–H groups in total. The van der Waals surface area contributed by atoms with E-state index in [4.69, 9.17) is 5.11 Å². The Hall–Kier alpha value is -2.64. The third-order valence-corrected chi connectivity index (χ3v) is 2.82. The van der Waals surface area contributed by atoms with Gasteiger partial charge in [0.2, 0.25) is 0 Å². The topological polar surface area (TPSA) is 113 Å². The highest BCUT2D eigenvalue weighted by molar-refractivity contribution is 5.96. The highest BCUT2D eigenvalue weighted by Crippen LogP contribution is 2.29. The lowest BCUT2D eigenvalue weighted by Crippen LogP contribution is -2.31. The average Bonchev–Trinajstić information content (AvgIpc) is 2.44. The van der Waals surface area contributed by atoms with Crippen molar-refractivity contribution in [1.29, 1.82) is 0 Å². The standard InChI is InChI=1S/C13H17N3O5/c1-3-6-15(8-12(17)18)11-7-9(13(19)14-2)4-5-10(11)16(20)21/h4-5,7H,3,6,8H2,1-2H3,(H,14,19)(H,17,18). The molecule has 0 saturated carbocycles. The molecule has 114 valence electrons. The van der Waals surface area contributed by atoms with Crippen molar-refractivity contribution in [3.63, 3.8) is 0 Å². The summed E-state index contributed by atoms with van der Waals surface area (Å²) in [6, 6.07) is 3.89. The Kier molecular flexibility index (Phi) is 5.65. The molecule has 1 aromatic rings. The molecular weight excluding hydrogens is 278 g/mol. The zero-order valence-electron chi connectivity index (χ0n) is 11.8. The van der Waals surface area contributed by atoms with Crippen molar-refractivity contribution < 1.29 is 19.6 Å². The molecule has 0 heterocycles. The van der Waals surface area contributed by atoms with Gasteiger partial charge in [0.1, 0.15) is 12.2 Å². The Labute approximate surface area is 121 Å². The van der Waals surface area contributed by atoms with Gasteiger partial charge in [-0.15, -0.1) is 0 Å². The third kappa shape index (κ3) is 4.16. The highest BCUT2D eigenvalue weighted by Gasteiger charge is 2.22. The first-order valence-electron chi connectivity index (χ1n) is 6.38. The second kappa shape index (κ2) is 7.22. The quantitative estimate of drug-likeness (QED) is 0.578. The summed E-state index contributed by atoms with van der Waals surface area (Å²) in [6.07, 6.45) is 0.620. The number of amides is 1. The summed E-state index contributed by atoms with van der Waals surface area (Å²) in [5, 5.41) is 22.5. The largest absolute Gasteiger partial charge is 0.480 e. The Bertz CT molecular complexity index is 559. The van der Waals surface area contributed by atoms with Gasteiger partial charge in [-0.2, -0.15) is 0 Å². The van der Waals surface area contributed by atoms with Gasteiger partial charge >= 0.3 is 5.97 Å². The van der Waals surface area contributed by atoms with Crippen LogP contribution in [0.4, 0.5) is 11.4 Å². The number of aliphatic carboxylic acids is 1. The van der Waals surface area contributed by atoms with E-state index in [-0.39, 0.29) is 23.5 Å². The van der Waals surface area contributed by atoms with Gasteiger partial charge in [0.25, 0.3) is 11.6 Å². The molecule has 1 aromatic carbocycles. The van der Waals surface area contributed by atoms with E-state index in [0.717, 1.165) is 0 Å². The number of carboxylic acid groups (broad SMARTS) is 1. The second-order valence-corrected chi connectivity index (χ2v) is 4.36. The normalized spacial score (nSPS) is 10.0. The number of hydrogen-bond donors (Lipinski definition) is 2. The Morgan fingerprint density at radius 3 is 2.57 bits per heavy atom. The van der Waals surface area contributed by atoms with Gasteiger partial charge in [-0.05, 0) is 18.6 Å². The highest BCUT2D eigenvalue weighted by atomic mass is 16.6. The van der Waals surface area contributed by atoms with Crippen LogP contribution in [0.5, 0.6) is 0 Å². The monoisotopic (exact) mass is 295 g/mol. The van der Waals surface area contributed by atoms with E-state index in [2.05, 4.69) is 5.32 Å². The summed E-state index contributed by atoms with van der Waals surface area (Å²) in [5.41, 5.74) is 0.146. The van der Waals surface area contributed by atoms with E-state index in [1.807, 2.05) is 6.92 Å². The van der Waals surface area contributed by atoms with Crippen LogP contribution in [0.15, 0.2) is 18.2 Å². The molecule has 8 nitrogen and oxygen atoms in total. The van der Waals surface area contributed by atoms with Crippen LogP contribution in [0.1, 0.15) is 23.7 Å². The van der Waals surface area contributed by atoms with Crippen LogP contribution >= 0.6 is 0 Å². The number of anilines is 1. The van der Waals surface area contributed by atoms with Crippen LogP contribution < -0.4 is 10.2 Å². The molecule has 1 amide bonds. The summed E-state index contributed by atoms with van der Waals surface area (Å²) in [5.74, 6) is -1.49. The number of carboxylic acids is 1. The van der Waals surface area contributed by atoms with E-state index in [0.29, 0.717) is 13.0 Å². The van der Waals surface area contributed by atoms with E-state index in [1.165, 1.54) is 30.1 Å². The summed E-state index contributed by atoms with van der Waals surface area (Å²) < 4.78 is 0. The van der Waals surface area contributed by atoms with Crippen LogP contribution in [-0.4, -0.2) is 42.0 Å². The second-order valence-electron chi connectivity index (χ2n) is 4.36. The molecule has 0 fully saturated rings. The number of nitro benzene ring substituents is 1. The minimum absolute atomic E-state index is 0.130. The number of rotatable bonds is 7. The zero-order chi connectivity index (χ0) is 16.0. The van der Waals surface area contributed by atoms with Crippen molar-refractivity contribution in [3.8, 4) is 0 Å². The molecule has 0 aliphatic heterocycles. The van der Waals surface area contributed by atoms with Crippen molar-refractivity contribution in [1.82, 2.24) is 5.32 Å². The maximum atomic E-state index is 11.6. The van der Waals surface area contributed by atoms with Crippen molar-refractivity contribution >= 4 is 23.3 Å². The summed E-state index contributed by atoms with van der Waals surface area (Å²) in [4.78, 5) is 34.4. The van der Waals surface area contributed by atoms with Crippen LogP contribution in [0, 0.1) is 10.1 Å². The maximum absolute atomic E-state index is 11.6. The lowest BCUT2D eigenvalue weighted by molar-refractivity contribution is -0.384. The molecule has 0 spiro atoms. The van der Waals surface area contributed by atoms with Crippen LogP contribution in [-0.2, 0) is 4.79 Å². The molecule has 0 aliphatic carbocycles. The fourth-order valence-corrected chi connectivity index (χ4v) is 1.93. The third-order valence-electron chi connectivity index (χ3n) is 2.82. The minimum Gasteiger partial charge on any atom is -0.480 e. The van der Waals surface area contributed by atoms with Gasteiger partial charge in [-0.3, -0.25) is 19.7 Å². The van der Waals surface area contributed by atoms with Crippen LogP contribution in [0.25, 0.3) is 0 Å². The van der Waals surface area contributed by atoms with Gasteiger partial charge in [-0.1, -0.05) is 6.92 Å². The fraction of sp³-hybridized carbons (Fsp3) is 0.385. The number of hydrogen-bond acceptors (Lipinski definition) is 5. The van der Waals surface area contributed by atoms with E-state index in [9.17, 15) is 19.7 Å². The molecule has 0 bridgehead atoms. The number of nitro groups is 1. The molecular formula is C13H17N3O5. The van der Waals surface area contributed by atoms with Gasteiger partial charge in [-0.25, -0.2) is 0 Å². The van der Waals surface area contributed by atoms with Crippen molar-refractivity contribution in [2.75, 3.05) is 25.0 Å². The van der Waals surface area contributed by atoms with Crippen LogP contribution in [0.2, 0.25) is 0 Å². The number of benzene rings is 1. The summed E-state index contributed by atoms with van der Waals surface area (Å²) in [6.45, 7) is 1.81. The maximum Gasteiger partial charge on any atom is 0.323 e. The first-order valence-corrected chi connectivity index (χ1v) is 6.38. The molecule has 0 unspecified atom stereocenters. The molecule has 0 saturated heterocycles. The number of nitrogens with one attached hydrogen (secondary N) is 1. The van der Waals surface area contributed by atoms with E-state index >= 15 is 0 Å². The van der Waals surface area contributed by atoms with Crippen LogP contribution in [0.3, 0.4) is 0 Å². The molecule has 21 heavy (non-hydrogen) atoms. The fourth-order valence-electron chi connectivity index (χ4n) is 1.93. The smallest absolute Gasteiger partial charge is 0.323 e. The van der Waals surface area contributed by atoms with Gasteiger partial charge in [0.15, 0.2) is 0 Å². The predicted octanol–water partition coefficient (Wildman–Crippen LogP) is 1.26. The number of carbonyl (C=O) groups is 2. The molecule has 1 rings (SSSR count). The molecule has 0 radical (unpaired) electrons. The summed E-state index contributed by atoms with van der Waals surface area (Å²) in [7, 11) is 1.45. The molecule has 0 atom stereocenters. The van der Waals surface area contributed by atoms with E-state index < -0.39 is 16.8 Å². The van der Waals surface area contributed by atoms with Crippen molar-refractivity contribution in [3.05, 3.63) is 33.9 Å². The van der Waals surface area contributed by atoms with Gasteiger partial charge in [0.05, 0.1) is 4.92 Å². The first kappa shape index (κ1) is 16.4. The van der Waals surface area contributed by atoms with Gasteiger partial charge < -0.3 is 15.3 Å². The Morgan fingerprint density at radius 2 is 2.10 bits per heavy atom. The lowest BCUT2D eigenvalue weighted by Gasteiger charge is -2.22. The molecule has 0 aliphatic rings.